The number of methoxy groups -OCH3 is 1. The predicted molar refractivity (Wildman–Crippen MR) is 123 cm³/mol. The first-order valence-electron chi connectivity index (χ1n) is 10.2. The van der Waals surface area contributed by atoms with Crippen LogP contribution in [0, 0.1) is 12.7 Å². The number of halogens is 1. The van der Waals surface area contributed by atoms with Crippen molar-refractivity contribution in [1.29, 1.82) is 0 Å². The number of carbonyl (C=O) groups excluding carboxylic acids is 1. The highest BCUT2D eigenvalue weighted by Crippen LogP contribution is 2.37. The minimum absolute atomic E-state index is 0.193. The molecule has 176 valence electrons. The third-order valence-electron chi connectivity index (χ3n) is 5.40. The summed E-state index contributed by atoms with van der Waals surface area (Å²) in [6.07, 6.45) is 3.40. The molecule has 0 saturated carbocycles. The first-order chi connectivity index (χ1) is 15.7. The fourth-order valence-corrected chi connectivity index (χ4v) is 5.72. The molecule has 3 heterocycles. The van der Waals surface area contributed by atoms with Gasteiger partial charge >= 0.3 is 5.97 Å². The largest absolute Gasteiger partial charge is 0.487 e. The van der Waals surface area contributed by atoms with Crippen LogP contribution in [0.5, 0.6) is 5.75 Å². The fraction of sp³-hybridized carbons (Fsp3) is 0.381. The second-order valence-corrected chi connectivity index (χ2v) is 10.7. The smallest absolute Gasteiger partial charge is 0.348 e. The summed E-state index contributed by atoms with van der Waals surface area (Å²) in [6.45, 7) is 2.41. The van der Waals surface area contributed by atoms with Gasteiger partial charge in [0.05, 0.1) is 31.0 Å². The van der Waals surface area contributed by atoms with Crippen molar-refractivity contribution in [3.8, 4) is 5.75 Å². The molecule has 1 atom stereocenters. The normalized spacial score (nSPS) is 17.2. The van der Waals surface area contributed by atoms with E-state index in [2.05, 4.69) is 15.3 Å². The molecular weight excluding hydrogens is 471 g/mol. The molecule has 1 unspecified atom stereocenters. The summed E-state index contributed by atoms with van der Waals surface area (Å²) in [6, 6.07) is 4.07. The van der Waals surface area contributed by atoms with E-state index in [0.29, 0.717) is 51.5 Å². The van der Waals surface area contributed by atoms with Crippen LogP contribution in [-0.4, -0.2) is 61.2 Å². The third kappa shape index (κ3) is 4.92. The SMILES string of the molecule is COC(=O)c1sc2ncnc(Nc3ccc(F)cc3OC3CCCN(S(C)(=O)=O)C3)c2c1C. The van der Waals surface area contributed by atoms with E-state index in [0.717, 1.165) is 6.26 Å². The van der Waals surface area contributed by atoms with Crippen molar-refractivity contribution in [1.82, 2.24) is 14.3 Å². The van der Waals surface area contributed by atoms with Crippen molar-refractivity contribution in [2.75, 3.05) is 31.8 Å². The molecule has 2 aromatic heterocycles. The summed E-state index contributed by atoms with van der Waals surface area (Å²) in [7, 11) is -2.03. The molecule has 1 aliphatic heterocycles. The van der Waals surface area contributed by atoms with Gasteiger partial charge in [0.1, 0.15) is 39.5 Å². The van der Waals surface area contributed by atoms with Gasteiger partial charge in [-0.1, -0.05) is 0 Å². The molecule has 1 saturated heterocycles. The summed E-state index contributed by atoms with van der Waals surface area (Å²) in [5.74, 6) is -0.274. The average molecular weight is 495 g/mol. The van der Waals surface area contributed by atoms with Crippen molar-refractivity contribution in [2.45, 2.75) is 25.9 Å². The van der Waals surface area contributed by atoms with Crippen LogP contribution >= 0.6 is 11.3 Å². The molecule has 1 N–H and O–H groups in total. The highest BCUT2D eigenvalue weighted by Gasteiger charge is 2.28. The highest BCUT2D eigenvalue weighted by atomic mass is 32.2. The van der Waals surface area contributed by atoms with Crippen molar-refractivity contribution in [3.63, 3.8) is 0 Å². The van der Waals surface area contributed by atoms with Crippen molar-refractivity contribution >= 4 is 49.1 Å². The molecule has 0 radical (unpaired) electrons. The van der Waals surface area contributed by atoms with Gasteiger partial charge in [0.25, 0.3) is 0 Å². The van der Waals surface area contributed by atoms with E-state index in [9.17, 15) is 17.6 Å². The number of benzene rings is 1. The molecule has 1 aromatic carbocycles. The number of rotatable bonds is 6. The first-order valence-corrected chi connectivity index (χ1v) is 12.8. The molecule has 12 heteroatoms. The molecule has 9 nitrogen and oxygen atoms in total. The molecule has 1 aliphatic rings. The Morgan fingerprint density at radius 1 is 1.33 bits per heavy atom. The average Bonchev–Trinajstić information content (AvgIpc) is 3.12. The molecule has 0 amide bonds. The number of thiophene rings is 1. The van der Waals surface area contributed by atoms with Gasteiger partial charge < -0.3 is 14.8 Å². The summed E-state index contributed by atoms with van der Waals surface area (Å²) < 4.78 is 50.2. The van der Waals surface area contributed by atoms with Gasteiger partial charge in [-0.2, -0.15) is 4.31 Å². The van der Waals surface area contributed by atoms with Gasteiger partial charge in [-0.05, 0) is 37.5 Å². The van der Waals surface area contributed by atoms with Crippen LogP contribution in [0.4, 0.5) is 15.9 Å². The number of hydrogen-bond donors (Lipinski definition) is 1. The zero-order valence-electron chi connectivity index (χ0n) is 18.3. The molecule has 3 aromatic rings. The second kappa shape index (κ2) is 9.20. The molecule has 1 fully saturated rings. The number of aromatic nitrogens is 2. The number of nitrogens with one attached hydrogen (secondary N) is 1. The quantitative estimate of drug-likeness (QED) is 0.519. The van der Waals surface area contributed by atoms with E-state index in [1.807, 2.05) is 0 Å². The highest BCUT2D eigenvalue weighted by molar-refractivity contribution is 7.88. The second-order valence-electron chi connectivity index (χ2n) is 7.72. The zero-order valence-corrected chi connectivity index (χ0v) is 19.9. The number of ether oxygens (including phenoxy) is 2. The van der Waals surface area contributed by atoms with E-state index in [1.165, 1.54) is 47.3 Å². The standard InChI is InChI=1S/C21H23FN4O5S2/c1-12-17-19(23-11-24-20(17)32-18(12)21(27)30-2)25-15-7-6-13(22)9-16(15)31-14-5-4-8-26(10-14)33(3,28)29/h6-7,9,11,14H,4-5,8,10H2,1-3H3,(H,23,24,25). The number of sulfonamides is 1. The lowest BCUT2D eigenvalue weighted by atomic mass is 10.1. The summed E-state index contributed by atoms with van der Waals surface area (Å²) in [5.41, 5.74) is 1.13. The van der Waals surface area contributed by atoms with Gasteiger partial charge in [-0.25, -0.2) is 27.6 Å². The van der Waals surface area contributed by atoms with Gasteiger partial charge in [-0.15, -0.1) is 11.3 Å². The lowest BCUT2D eigenvalue weighted by molar-refractivity contribution is 0.0605. The maximum Gasteiger partial charge on any atom is 0.348 e. The number of esters is 1. The first kappa shape index (κ1) is 23.3. The van der Waals surface area contributed by atoms with Crippen LogP contribution in [0.3, 0.4) is 0 Å². The Balaban J connectivity index is 1.66. The molecule has 0 bridgehead atoms. The molecule has 0 aliphatic carbocycles. The number of nitrogens with zero attached hydrogens (tertiary/aromatic N) is 3. The third-order valence-corrected chi connectivity index (χ3v) is 7.85. The molecular formula is C21H23FN4O5S2. The Labute approximate surface area is 194 Å². The summed E-state index contributed by atoms with van der Waals surface area (Å²) in [5, 5.41) is 3.82. The Hall–Kier alpha value is -2.83. The summed E-state index contributed by atoms with van der Waals surface area (Å²) in [4.78, 5) is 21.7. The molecule has 4 rings (SSSR count). The molecule has 33 heavy (non-hydrogen) atoms. The number of aryl methyl sites for hydroxylation is 1. The van der Waals surface area contributed by atoms with E-state index in [4.69, 9.17) is 9.47 Å². The maximum absolute atomic E-state index is 14.1. The number of fused-ring (bicyclic) bond motifs is 1. The lowest BCUT2D eigenvalue weighted by Crippen LogP contribution is -2.43. The number of anilines is 2. The van der Waals surface area contributed by atoms with E-state index in [1.54, 1.807) is 6.92 Å². The maximum atomic E-state index is 14.1. The zero-order chi connectivity index (χ0) is 23.8. The fourth-order valence-electron chi connectivity index (χ4n) is 3.76. The van der Waals surface area contributed by atoms with Gasteiger partial charge in [0, 0.05) is 12.6 Å². The van der Waals surface area contributed by atoms with Crippen molar-refractivity contribution < 1.29 is 27.1 Å². The van der Waals surface area contributed by atoms with Crippen molar-refractivity contribution in [3.05, 3.63) is 40.8 Å². The minimum Gasteiger partial charge on any atom is -0.487 e. The van der Waals surface area contributed by atoms with Crippen LogP contribution < -0.4 is 10.1 Å². The van der Waals surface area contributed by atoms with Gasteiger partial charge in [0.15, 0.2) is 0 Å². The van der Waals surface area contributed by atoms with Crippen molar-refractivity contribution in [2.24, 2.45) is 0 Å². The van der Waals surface area contributed by atoms with Crippen LogP contribution in [-0.2, 0) is 14.8 Å². The number of piperidine rings is 1. The number of carbonyl (C=O) groups is 1. The summed E-state index contributed by atoms with van der Waals surface area (Å²) >= 11 is 1.20. The van der Waals surface area contributed by atoms with E-state index >= 15 is 0 Å². The lowest BCUT2D eigenvalue weighted by Gasteiger charge is -2.31. The van der Waals surface area contributed by atoms with Crippen LogP contribution in [0.25, 0.3) is 10.2 Å². The predicted octanol–water partition coefficient (Wildman–Crippen LogP) is 3.47. The Morgan fingerprint density at radius 3 is 2.85 bits per heavy atom. The Morgan fingerprint density at radius 2 is 2.12 bits per heavy atom. The van der Waals surface area contributed by atoms with Gasteiger partial charge in [-0.3, -0.25) is 0 Å². The minimum atomic E-state index is -3.34. The van der Waals surface area contributed by atoms with Crippen LogP contribution in [0.15, 0.2) is 24.5 Å². The van der Waals surface area contributed by atoms with Crippen LogP contribution in [0.1, 0.15) is 28.1 Å². The monoisotopic (exact) mass is 494 g/mol. The van der Waals surface area contributed by atoms with E-state index < -0.39 is 27.9 Å². The molecule has 0 spiro atoms. The van der Waals surface area contributed by atoms with Crippen LogP contribution in [0.2, 0.25) is 0 Å². The Bertz CT molecular complexity index is 1310. The topological polar surface area (TPSA) is 111 Å². The van der Waals surface area contributed by atoms with E-state index in [-0.39, 0.29) is 12.3 Å². The Kier molecular flexibility index (Phi) is 6.50. The number of hydrogen-bond acceptors (Lipinski definition) is 9. The van der Waals surface area contributed by atoms with Gasteiger partial charge in [0.2, 0.25) is 10.0 Å².